The van der Waals surface area contributed by atoms with Crippen LogP contribution < -0.4 is 0 Å². The van der Waals surface area contributed by atoms with Gasteiger partial charge in [-0.25, -0.2) is 0 Å². The number of hydrogen-bond acceptors (Lipinski definition) is 2. The van der Waals surface area contributed by atoms with Crippen LogP contribution in [0.4, 0.5) is 0 Å². The Morgan fingerprint density at radius 3 is 2.86 bits per heavy atom. The normalized spacial score (nSPS) is 36.0. The van der Waals surface area contributed by atoms with Gasteiger partial charge in [-0.15, -0.1) is 0 Å². The van der Waals surface area contributed by atoms with Crippen molar-refractivity contribution in [3.05, 3.63) is 0 Å². The summed E-state index contributed by atoms with van der Waals surface area (Å²) in [5.41, 5.74) is 1.56. The van der Waals surface area contributed by atoms with Crippen molar-refractivity contribution in [3.63, 3.8) is 0 Å². The van der Waals surface area contributed by atoms with E-state index in [2.05, 4.69) is 25.9 Å². The summed E-state index contributed by atoms with van der Waals surface area (Å²) in [5, 5.41) is 4.22. The van der Waals surface area contributed by atoms with Gasteiger partial charge in [-0.3, -0.25) is 0 Å². The summed E-state index contributed by atoms with van der Waals surface area (Å²) >= 11 is 0. The second-order valence-electron chi connectivity index (χ2n) is 4.68. The van der Waals surface area contributed by atoms with Crippen molar-refractivity contribution < 1.29 is 4.84 Å². The van der Waals surface area contributed by atoms with Crippen molar-refractivity contribution in [2.75, 3.05) is 7.11 Å². The molecule has 0 amide bonds. The largest absolute Gasteiger partial charge is 0.399 e. The highest BCUT2D eigenvalue weighted by Crippen LogP contribution is 2.42. The molecule has 0 spiro atoms. The minimum Gasteiger partial charge on any atom is -0.399 e. The molecule has 1 aliphatic carbocycles. The van der Waals surface area contributed by atoms with E-state index in [1.54, 1.807) is 7.11 Å². The fourth-order valence-electron chi connectivity index (χ4n) is 2.63. The van der Waals surface area contributed by atoms with Crippen LogP contribution in [0.3, 0.4) is 0 Å². The van der Waals surface area contributed by atoms with Gasteiger partial charge in [-0.05, 0) is 31.6 Å². The number of rotatable bonds is 3. The fraction of sp³-hybridized carbons (Fsp3) is 0.917. The molecule has 1 aliphatic rings. The minimum absolute atomic E-state index is 0.281. The third-order valence-corrected chi connectivity index (χ3v) is 3.77. The molecule has 2 atom stereocenters. The molecule has 82 valence electrons. The smallest absolute Gasteiger partial charge is 0.106 e. The molecule has 14 heavy (non-hydrogen) atoms. The second-order valence-corrected chi connectivity index (χ2v) is 4.68. The zero-order valence-electron chi connectivity index (χ0n) is 9.97. The van der Waals surface area contributed by atoms with Gasteiger partial charge in [0.15, 0.2) is 0 Å². The summed E-state index contributed by atoms with van der Waals surface area (Å²) in [4.78, 5) is 4.96. The van der Waals surface area contributed by atoms with Crippen molar-refractivity contribution in [1.29, 1.82) is 0 Å². The molecular weight excluding hydrogens is 174 g/mol. The van der Waals surface area contributed by atoms with Gasteiger partial charge in [0.1, 0.15) is 7.11 Å². The average Bonchev–Trinajstić information content (AvgIpc) is 2.14. The Bertz CT molecular complexity index is 212. The van der Waals surface area contributed by atoms with Crippen LogP contribution in [0, 0.1) is 11.3 Å². The number of oxime groups is 1. The van der Waals surface area contributed by atoms with Crippen LogP contribution in [0.5, 0.6) is 0 Å². The van der Waals surface area contributed by atoms with Crippen LogP contribution in [0.25, 0.3) is 0 Å². The Hall–Kier alpha value is -0.530. The molecule has 2 nitrogen and oxygen atoms in total. The van der Waals surface area contributed by atoms with E-state index in [1.807, 2.05) is 0 Å². The maximum atomic E-state index is 4.96. The molecule has 0 N–H and O–H groups in total. The topological polar surface area (TPSA) is 21.6 Å². The van der Waals surface area contributed by atoms with Crippen molar-refractivity contribution in [2.24, 2.45) is 16.5 Å². The Morgan fingerprint density at radius 1 is 1.57 bits per heavy atom. The molecule has 2 unspecified atom stereocenters. The van der Waals surface area contributed by atoms with Gasteiger partial charge in [0.05, 0.1) is 5.71 Å². The van der Waals surface area contributed by atoms with Crippen LogP contribution >= 0.6 is 0 Å². The first-order chi connectivity index (χ1) is 6.65. The van der Waals surface area contributed by atoms with E-state index in [-0.39, 0.29) is 5.41 Å². The Morgan fingerprint density at radius 2 is 2.29 bits per heavy atom. The van der Waals surface area contributed by atoms with Crippen LogP contribution in [0.15, 0.2) is 5.16 Å². The zero-order chi connectivity index (χ0) is 10.6. The van der Waals surface area contributed by atoms with E-state index in [0.717, 1.165) is 12.3 Å². The average molecular weight is 197 g/mol. The highest BCUT2D eigenvalue weighted by atomic mass is 16.6. The van der Waals surface area contributed by atoms with Crippen LogP contribution in [-0.2, 0) is 4.84 Å². The van der Waals surface area contributed by atoms with Gasteiger partial charge >= 0.3 is 0 Å². The van der Waals surface area contributed by atoms with Crippen molar-refractivity contribution >= 4 is 5.71 Å². The van der Waals surface area contributed by atoms with E-state index in [9.17, 15) is 0 Å². The molecule has 0 bridgehead atoms. The van der Waals surface area contributed by atoms with Gasteiger partial charge in [0, 0.05) is 5.41 Å². The third kappa shape index (κ3) is 2.10. The van der Waals surface area contributed by atoms with Crippen LogP contribution in [0.1, 0.15) is 52.9 Å². The SMILES string of the molecule is CCCC1(C)/C(=N/OC)CCCC1C. The van der Waals surface area contributed by atoms with Crippen molar-refractivity contribution in [3.8, 4) is 0 Å². The van der Waals surface area contributed by atoms with Gasteiger partial charge in [-0.2, -0.15) is 0 Å². The van der Waals surface area contributed by atoms with Crippen LogP contribution in [-0.4, -0.2) is 12.8 Å². The molecule has 0 radical (unpaired) electrons. The molecule has 0 aromatic rings. The van der Waals surface area contributed by atoms with Gasteiger partial charge in [-0.1, -0.05) is 32.3 Å². The molecular formula is C12H23NO. The van der Waals surface area contributed by atoms with E-state index in [1.165, 1.54) is 31.4 Å². The molecule has 0 aromatic carbocycles. The maximum Gasteiger partial charge on any atom is 0.106 e. The Kier molecular flexibility index (Phi) is 3.97. The van der Waals surface area contributed by atoms with Gasteiger partial charge < -0.3 is 4.84 Å². The van der Waals surface area contributed by atoms with Crippen molar-refractivity contribution in [2.45, 2.75) is 52.9 Å². The first-order valence-electron chi connectivity index (χ1n) is 5.75. The predicted octanol–water partition coefficient (Wildman–Crippen LogP) is 3.62. The molecule has 0 aromatic heterocycles. The summed E-state index contributed by atoms with van der Waals surface area (Å²) < 4.78 is 0. The molecule has 0 saturated heterocycles. The first-order valence-corrected chi connectivity index (χ1v) is 5.75. The number of hydrogen-bond donors (Lipinski definition) is 0. The van der Waals surface area contributed by atoms with E-state index in [4.69, 9.17) is 4.84 Å². The van der Waals surface area contributed by atoms with Crippen LogP contribution in [0.2, 0.25) is 0 Å². The minimum atomic E-state index is 0.281. The summed E-state index contributed by atoms with van der Waals surface area (Å²) in [5.74, 6) is 0.741. The lowest BCUT2D eigenvalue weighted by atomic mass is 9.65. The molecule has 2 heteroatoms. The van der Waals surface area contributed by atoms with Gasteiger partial charge in [0.2, 0.25) is 0 Å². The standard InChI is InChI=1S/C12H23NO/c1-5-9-12(3)10(2)7-6-8-11(12)13-14-4/h10H,5-9H2,1-4H3/b13-11+. The lowest BCUT2D eigenvalue weighted by Gasteiger charge is -2.40. The monoisotopic (exact) mass is 197 g/mol. The molecule has 0 aliphatic heterocycles. The Balaban J connectivity index is 2.85. The lowest BCUT2D eigenvalue weighted by Crippen LogP contribution is -2.38. The molecule has 1 rings (SSSR count). The highest BCUT2D eigenvalue weighted by molar-refractivity contribution is 5.90. The van der Waals surface area contributed by atoms with Crippen molar-refractivity contribution in [1.82, 2.24) is 0 Å². The van der Waals surface area contributed by atoms with Gasteiger partial charge in [0.25, 0.3) is 0 Å². The fourth-order valence-corrected chi connectivity index (χ4v) is 2.63. The molecule has 1 saturated carbocycles. The molecule has 1 fully saturated rings. The summed E-state index contributed by atoms with van der Waals surface area (Å²) in [6.07, 6.45) is 6.18. The van der Waals surface area contributed by atoms with E-state index >= 15 is 0 Å². The third-order valence-electron chi connectivity index (χ3n) is 3.77. The first kappa shape index (κ1) is 11.5. The van der Waals surface area contributed by atoms with E-state index < -0.39 is 0 Å². The van der Waals surface area contributed by atoms with E-state index in [0.29, 0.717) is 0 Å². The molecule has 0 heterocycles. The Labute approximate surface area is 87.7 Å². The zero-order valence-corrected chi connectivity index (χ0v) is 9.97. The summed E-state index contributed by atoms with van der Waals surface area (Å²) in [7, 11) is 1.65. The second kappa shape index (κ2) is 4.81. The highest BCUT2D eigenvalue weighted by Gasteiger charge is 2.38. The summed E-state index contributed by atoms with van der Waals surface area (Å²) in [6, 6.07) is 0. The quantitative estimate of drug-likeness (QED) is 0.633. The lowest BCUT2D eigenvalue weighted by molar-refractivity contribution is 0.183. The predicted molar refractivity (Wildman–Crippen MR) is 60.5 cm³/mol. The summed E-state index contributed by atoms with van der Waals surface area (Å²) in [6.45, 7) is 6.94. The maximum absolute atomic E-state index is 4.96. The number of nitrogens with zero attached hydrogens (tertiary/aromatic N) is 1.